The zero-order valence-electron chi connectivity index (χ0n) is 13.5. The number of rotatable bonds is 4. The summed E-state index contributed by atoms with van der Waals surface area (Å²) in [6, 6.07) is 9.15. The van der Waals surface area contributed by atoms with Crippen molar-refractivity contribution in [3.8, 4) is 11.4 Å². The van der Waals surface area contributed by atoms with Crippen molar-refractivity contribution in [3.05, 3.63) is 42.2 Å². The average molecular weight is 314 g/mol. The van der Waals surface area contributed by atoms with Crippen LogP contribution in [0.25, 0.3) is 11.4 Å². The van der Waals surface area contributed by atoms with Crippen LogP contribution in [0, 0.1) is 0 Å². The van der Waals surface area contributed by atoms with Crippen LogP contribution in [0.15, 0.2) is 36.5 Å². The molecule has 6 nitrogen and oxygen atoms in total. The highest BCUT2D eigenvalue weighted by Gasteiger charge is 2.32. The Morgan fingerprint density at radius 1 is 1.13 bits per heavy atom. The maximum atomic E-state index is 11.8. The monoisotopic (exact) mass is 314 g/mol. The highest BCUT2D eigenvalue weighted by molar-refractivity contribution is 5.75. The Morgan fingerprint density at radius 2 is 1.78 bits per heavy atom. The van der Waals surface area contributed by atoms with Gasteiger partial charge in [0.15, 0.2) is 6.04 Å². The van der Waals surface area contributed by atoms with Crippen LogP contribution < -0.4 is 0 Å². The van der Waals surface area contributed by atoms with Crippen molar-refractivity contribution in [2.45, 2.75) is 6.04 Å². The average Bonchev–Trinajstić information content (AvgIpc) is 2.91. The number of hydrogen-bond donors (Lipinski definition) is 1. The number of piperazine rings is 1. The molecule has 23 heavy (non-hydrogen) atoms. The fourth-order valence-electron chi connectivity index (χ4n) is 3.03. The molecular formula is C17H22N4O2. The van der Waals surface area contributed by atoms with Crippen LogP contribution in [-0.2, 0) is 11.8 Å². The molecule has 1 atom stereocenters. The fourth-order valence-corrected chi connectivity index (χ4v) is 3.03. The molecule has 3 rings (SSSR count). The van der Waals surface area contributed by atoms with Gasteiger partial charge in [-0.2, -0.15) is 0 Å². The summed E-state index contributed by atoms with van der Waals surface area (Å²) in [5.74, 6) is -0.0479. The molecule has 0 saturated carbocycles. The predicted molar refractivity (Wildman–Crippen MR) is 88.1 cm³/mol. The largest absolute Gasteiger partial charge is 0.480 e. The third kappa shape index (κ3) is 3.28. The quantitative estimate of drug-likeness (QED) is 0.926. The first-order chi connectivity index (χ1) is 11.1. The van der Waals surface area contributed by atoms with Gasteiger partial charge < -0.3 is 14.6 Å². The van der Waals surface area contributed by atoms with Gasteiger partial charge in [-0.15, -0.1) is 0 Å². The molecule has 1 aromatic heterocycles. The Bertz CT molecular complexity index is 675. The molecule has 6 heteroatoms. The minimum Gasteiger partial charge on any atom is -0.480 e. The van der Waals surface area contributed by atoms with Crippen molar-refractivity contribution in [2.75, 3.05) is 33.2 Å². The highest BCUT2D eigenvalue weighted by Crippen LogP contribution is 2.25. The number of hydrogen-bond acceptors (Lipinski definition) is 4. The maximum absolute atomic E-state index is 11.8. The smallest absolute Gasteiger partial charge is 0.327 e. The Hall–Kier alpha value is -2.18. The number of aromatic nitrogens is 2. The molecular weight excluding hydrogens is 292 g/mol. The zero-order chi connectivity index (χ0) is 16.4. The lowest BCUT2D eigenvalue weighted by atomic mass is 10.1. The van der Waals surface area contributed by atoms with E-state index in [-0.39, 0.29) is 0 Å². The summed E-state index contributed by atoms with van der Waals surface area (Å²) < 4.78 is 1.90. The molecule has 1 unspecified atom stereocenters. The lowest BCUT2D eigenvalue weighted by molar-refractivity contribution is -0.144. The number of aliphatic carboxylic acids is 1. The Balaban J connectivity index is 1.91. The third-order valence-corrected chi connectivity index (χ3v) is 4.34. The molecule has 1 saturated heterocycles. The highest BCUT2D eigenvalue weighted by atomic mass is 16.4. The van der Waals surface area contributed by atoms with Crippen LogP contribution in [0.1, 0.15) is 11.7 Å². The number of carboxylic acids is 1. The number of carbonyl (C=O) groups is 1. The maximum Gasteiger partial charge on any atom is 0.327 e. The lowest BCUT2D eigenvalue weighted by Crippen LogP contribution is -2.47. The summed E-state index contributed by atoms with van der Waals surface area (Å²) in [5, 5.41) is 9.71. The van der Waals surface area contributed by atoms with Gasteiger partial charge >= 0.3 is 5.97 Å². The standard InChI is InChI=1S/C17H22N4O2/c1-19-8-10-21(11-9-19)15(17(22)23)14-12-20(2)16(18-14)13-6-4-3-5-7-13/h3-7,12,15H,8-11H2,1-2H3,(H,22,23). The van der Waals surface area contributed by atoms with E-state index < -0.39 is 12.0 Å². The molecule has 122 valence electrons. The molecule has 2 heterocycles. The van der Waals surface area contributed by atoms with Crippen molar-refractivity contribution in [1.82, 2.24) is 19.4 Å². The molecule has 2 aromatic rings. The second-order valence-corrected chi connectivity index (χ2v) is 6.05. The topological polar surface area (TPSA) is 61.6 Å². The van der Waals surface area contributed by atoms with Crippen LogP contribution in [0.3, 0.4) is 0 Å². The van der Waals surface area contributed by atoms with E-state index in [1.54, 1.807) is 0 Å². The van der Waals surface area contributed by atoms with Crippen LogP contribution in [0.4, 0.5) is 0 Å². The van der Waals surface area contributed by atoms with E-state index in [4.69, 9.17) is 0 Å². The van der Waals surface area contributed by atoms with E-state index in [0.717, 1.165) is 37.6 Å². The molecule has 1 fully saturated rings. The summed E-state index contributed by atoms with van der Waals surface area (Å²) in [4.78, 5) is 20.7. The van der Waals surface area contributed by atoms with Crippen LogP contribution in [0.2, 0.25) is 0 Å². The number of carboxylic acid groups (broad SMARTS) is 1. The van der Waals surface area contributed by atoms with Crippen molar-refractivity contribution < 1.29 is 9.90 Å². The van der Waals surface area contributed by atoms with E-state index in [2.05, 4.69) is 16.9 Å². The van der Waals surface area contributed by atoms with E-state index in [1.807, 2.05) is 53.0 Å². The first-order valence-electron chi connectivity index (χ1n) is 7.80. The zero-order valence-corrected chi connectivity index (χ0v) is 13.5. The molecule has 1 aliphatic heterocycles. The SMILES string of the molecule is CN1CCN(C(C(=O)O)c2cn(C)c(-c3ccccc3)n2)CC1. The summed E-state index contributed by atoms with van der Waals surface area (Å²) >= 11 is 0. The molecule has 0 radical (unpaired) electrons. The Labute approximate surface area is 136 Å². The van der Waals surface area contributed by atoms with Crippen molar-refractivity contribution in [1.29, 1.82) is 0 Å². The van der Waals surface area contributed by atoms with Gasteiger partial charge in [-0.1, -0.05) is 30.3 Å². The minimum atomic E-state index is -0.840. The number of nitrogens with zero attached hydrogens (tertiary/aromatic N) is 4. The molecule has 0 amide bonds. The first-order valence-corrected chi connectivity index (χ1v) is 7.80. The van der Waals surface area contributed by atoms with Crippen LogP contribution in [0.5, 0.6) is 0 Å². The molecule has 1 aromatic carbocycles. The van der Waals surface area contributed by atoms with Crippen molar-refractivity contribution in [2.24, 2.45) is 7.05 Å². The predicted octanol–water partition coefficient (Wildman–Crippen LogP) is 1.46. The number of benzene rings is 1. The summed E-state index contributed by atoms with van der Waals surface area (Å²) in [6.45, 7) is 3.24. The molecule has 0 aliphatic carbocycles. The van der Waals surface area contributed by atoms with Gasteiger partial charge in [-0.3, -0.25) is 9.69 Å². The van der Waals surface area contributed by atoms with Gasteiger partial charge in [-0.05, 0) is 7.05 Å². The number of aryl methyl sites for hydroxylation is 1. The van der Waals surface area contributed by atoms with Gasteiger partial charge in [0.2, 0.25) is 0 Å². The van der Waals surface area contributed by atoms with Crippen LogP contribution in [-0.4, -0.2) is 63.7 Å². The summed E-state index contributed by atoms with van der Waals surface area (Å²) in [7, 11) is 3.96. The van der Waals surface area contributed by atoms with E-state index in [0.29, 0.717) is 5.69 Å². The van der Waals surface area contributed by atoms with Gasteiger partial charge in [0, 0.05) is 45.0 Å². The van der Waals surface area contributed by atoms with E-state index >= 15 is 0 Å². The summed E-state index contributed by atoms with van der Waals surface area (Å²) in [5.41, 5.74) is 1.59. The number of likely N-dealkylation sites (N-methyl/N-ethyl adjacent to an activating group) is 1. The van der Waals surface area contributed by atoms with Gasteiger partial charge in [0.05, 0.1) is 5.69 Å². The molecule has 0 spiro atoms. The first kappa shape index (κ1) is 15.7. The van der Waals surface area contributed by atoms with Crippen molar-refractivity contribution >= 4 is 5.97 Å². The Morgan fingerprint density at radius 3 is 2.39 bits per heavy atom. The van der Waals surface area contributed by atoms with Crippen molar-refractivity contribution in [3.63, 3.8) is 0 Å². The lowest BCUT2D eigenvalue weighted by Gasteiger charge is -2.35. The molecule has 1 aliphatic rings. The third-order valence-electron chi connectivity index (χ3n) is 4.34. The normalized spacial score (nSPS) is 18.0. The Kier molecular flexibility index (Phi) is 4.45. The second-order valence-electron chi connectivity index (χ2n) is 6.05. The van der Waals surface area contributed by atoms with Gasteiger partial charge in [0.25, 0.3) is 0 Å². The fraction of sp³-hybridized carbons (Fsp3) is 0.412. The van der Waals surface area contributed by atoms with Gasteiger partial charge in [0.1, 0.15) is 5.82 Å². The molecule has 1 N–H and O–H groups in total. The van der Waals surface area contributed by atoms with Gasteiger partial charge in [-0.25, -0.2) is 4.98 Å². The minimum absolute atomic E-state index is 0.600. The van der Waals surface area contributed by atoms with E-state index in [9.17, 15) is 9.90 Å². The number of imidazole rings is 1. The van der Waals surface area contributed by atoms with Crippen LogP contribution >= 0.6 is 0 Å². The summed E-state index contributed by atoms with van der Waals surface area (Å²) in [6.07, 6.45) is 1.83. The van der Waals surface area contributed by atoms with E-state index in [1.165, 1.54) is 0 Å². The molecule has 0 bridgehead atoms. The second kappa shape index (κ2) is 6.52.